The van der Waals surface area contributed by atoms with Crippen molar-refractivity contribution in [2.24, 2.45) is 0 Å². The van der Waals surface area contributed by atoms with E-state index in [0.717, 1.165) is 4.90 Å². The molecule has 1 aliphatic heterocycles. The van der Waals surface area contributed by atoms with Gasteiger partial charge < -0.3 is 5.11 Å². The van der Waals surface area contributed by atoms with E-state index in [4.69, 9.17) is 11.6 Å². The molecule has 2 aromatic carbocycles. The van der Waals surface area contributed by atoms with Gasteiger partial charge >= 0.3 is 12.0 Å². The van der Waals surface area contributed by atoms with Crippen LogP contribution < -0.4 is 4.90 Å². The Morgan fingerprint density at radius 3 is 2.28 bits per heavy atom. The van der Waals surface area contributed by atoms with Gasteiger partial charge in [-0.2, -0.15) is 0 Å². The Labute approximate surface area is 149 Å². The summed E-state index contributed by atoms with van der Waals surface area (Å²) in [6.07, 6.45) is 0. The molecule has 7 nitrogen and oxygen atoms in total. The lowest BCUT2D eigenvalue weighted by atomic mass is 10.2. The highest BCUT2D eigenvalue weighted by molar-refractivity contribution is 7.89. The van der Waals surface area contributed by atoms with E-state index in [1.165, 1.54) is 36.4 Å². The molecule has 1 saturated heterocycles. The summed E-state index contributed by atoms with van der Waals surface area (Å²) in [5, 5.41) is 9.60. The Hall–Kier alpha value is -2.58. The standard InChI is InChI=1S/C16H13ClN2O5S/c17-12-8-4-5-9-13(12)19-14(15(20)21)10-18(16(19)22)25(23,24)11-6-2-1-3-7-11/h1-9,14H,10H2,(H,20,21)/t14-/m0/s1. The largest absolute Gasteiger partial charge is 0.480 e. The summed E-state index contributed by atoms with van der Waals surface area (Å²) in [6, 6.07) is 11.2. The number of halogens is 1. The Morgan fingerprint density at radius 2 is 1.68 bits per heavy atom. The number of hydrogen-bond donors (Lipinski definition) is 1. The van der Waals surface area contributed by atoms with E-state index in [1.807, 2.05) is 0 Å². The molecule has 0 bridgehead atoms. The van der Waals surface area contributed by atoms with Gasteiger partial charge in [0, 0.05) is 0 Å². The first-order valence-corrected chi connectivity index (χ1v) is 9.04. The third-order valence-electron chi connectivity index (χ3n) is 3.80. The van der Waals surface area contributed by atoms with Gasteiger partial charge in [-0.3, -0.25) is 4.90 Å². The highest BCUT2D eigenvalue weighted by Crippen LogP contribution is 2.33. The van der Waals surface area contributed by atoms with Crippen LogP contribution >= 0.6 is 11.6 Å². The Morgan fingerprint density at radius 1 is 1.08 bits per heavy atom. The molecule has 1 aliphatic rings. The molecule has 2 aromatic rings. The van der Waals surface area contributed by atoms with Gasteiger partial charge in [0.25, 0.3) is 10.0 Å². The van der Waals surface area contributed by atoms with Gasteiger partial charge in [-0.1, -0.05) is 41.9 Å². The van der Waals surface area contributed by atoms with E-state index in [0.29, 0.717) is 4.31 Å². The first-order valence-electron chi connectivity index (χ1n) is 7.22. The van der Waals surface area contributed by atoms with Gasteiger partial charge in [-0.05, 0) is 24.3 Å². The highest BCUT2D eigenvalue weighted by Gasteiger charge is 2.48. The molecule has 0 aromatic heterocycles. The average molecular weight is 381 g/mol. The second-order valence-corrected chi connectivity index (χ2v) is 7.58. The number of para-hydroxylation sites is 1. The molecular weight excluding hydrogens is 368 g/mol. The maximum absolute atomic E-state index is 12.7. The van der Waals surface area contributed by atoms with Gasteiger partial charge in [-0.15, -0.1) is 0 Å². The number of anilines is 1. The number of carbonyl (C=O) groups excluding carboxylic acids is 1. The van der Waals surface area contributed by atoms with E-state index < -0.39 is 34.6 Å². The SMILES string of the molecule is O=C(O)[C@@H]1CN(S(=O)(=O)c2ccccc2)C(=O)N1c1ccccc1Cl. The quantitative estimate of drug-likeness (QED) is 0.878. The third kappa shape index (κ3) is 2.94. The number of carboxylic acids is 1. The fourth-order valence-electron chi connectivity index (χ4n) is 2.60. The molecule has 0 saturated carbocycles. The fraction of sp³-hybridized carbons (Fsp3) is 0.125. The van der Waals surface area contributed by atoms with E-state index in [1.54, 1.807) is 18.2 Å². The molecule has 0 radical (unpaired) electrons. The van der Waals surface area contributed by atoms with Crippen molar-refractivity contribution in [3.8, 4) is 0 Å². The topological polar surface area (TPSA) is 95.0 Å². The highest BCUT2D eigenvalue weighted by atomic mass is 35.5. The molecule has 1 fully saturated rings. The molecule has 1 N–H and O–H groups in total. The van der Waals surface area contributed by atoms with Crippen molar-refractivity contribution < 1.29 is 23.1 Å². The van der Waals surface area contributed by atoms with Crippen LogP contribution in [-0.4, -0.2) is 42.4 Å². The summed E-state index contributed by atoms with van der Waals surface area (Å²) in [4.78, 5) is 25.1. The first kappa shape index (κ1) is 17.2. The number of urea groups is 1. The number of carbonyl (C=O) groups is 2. The number of amides is 2. The molecule has 9 heteroatoms. The zero-order chi connectivity index (χ0) is 18.2. The monoisotopic (exact) mass is 380 g/mol. The smallest absolute Gasteiger partial charge is 0.339 e. The van der Waals surface area contributed by atoms with Crippen LogP contribution in [0.3, 0.4) is 0 Å². The summed E-state index contributed by atoms with van der Waals surface area (Å²) >= 11 is 6.06. The van der Waals surface area contributed by atoms with Crippen LogP contribution in [0.15, 0.2) is 59.5 Å². The minimum Gasteiger partial charge on any atom is -0.480 e. The van der Waals surface area contributed by atoms with Crippen LogP contribution in [0.4, 0.5) is 10.5 Å². The summed E-state index contributed by atoms with van der Waals surface area (Å²) in [7, 11) is -4.17. The minimum atomic E-state index is -4.17. The van der Waals surface area contributed by atoms with E-state index in [2.05, 4.69) is 0 Å². The zero-order valence-corrected chi connectivity index (χ0v) is 14.3. The summed E-state index contributed by atoms with van der Waals surface area (Å²) in [5.74, 6) is -1.32. The van der Waals surface area contributed by atoms with Crippen LogP contribution in [0.25, 0.3) is 0 Å². The Balaban J connectivity index is 2.07. The second kappa shape index (κ2) is 6.38. The third-order valence-corrected chi connectivity index (χ3v) is 5.87. The van der Waals surface area contributed by atoms with Crippen molar-refractivity contribution in [3.05, 3.63) is 59.6 Å². The van der Waals surface area contributed by atoms with Crippen LogP contribution in [0.5, 0.6) is 0 Å². The summed E-state index contributed by atoms with van der Waals surface area (Å²) in [6.45, 7) is -0.503. The van der Waals surface area contributed by atoms with Crippen molar-refractivity contribution in [1.82, 2.24) is 4.31 Å². The van der Waals surface area contributed by atoms with Gasteiger partial charge in [0.2, 0.25) is 0 Å². The Bertz CT molecular complexity index is 933. The summed E-state index contributed by atoms with van der Waals surface area (Å²) < 4.78 is 26.0. The predicted octanol–water partition coefficient (Wildman–Crippen LogP) is 2.42. The number of aliphatic carboxylic acids is 1. The van der Waals surface area contributed by atoms with E-state index >= 15 is 0 Å². The number of carboxylic acid groups (broad SMARTS) is 1. The van der Waals surface area contributed by atoms with Gasteiger partial charge in [-0.25, -0.2) is 22.3 Å². The van der Waals surface area contributed by atoms with Gasteiger partial charge in [0.15, 0.2) is 6.04 Å². The van der Waals surface area contributed by atoms with Crippen molar-refractivity contribution >= 4 is 39.3 Å². The van der Waals surface area contributed by atoms with Crippen molar-refractivity contribution in [2.75, 3.05) is 11.4 Å². The van der Waals surface area contributed by atoms with Crippen LogP contribution in [0.2, 0.25) is 5.02 Å². The van der Waals surface area contributed by atoms with Crippen LogP contribution in [0, 0.1) is 0 Å². The molecule has 130 valence electrons. The first-order chi connectivity index (χ1) is 11.8. The number of rotatable bonds is 4. The second-order valence-electron chi connectivity index (χ2n) is 5.31. The maximum Gasteiger partial charge on any atom is 0.339 e. The molecule has 0 unspecified atom stereocenters. The van der Waals surface area contributed by atoms with Gasteiger partial charge in [0.1, 0.15) is 0 Å². The lowest BCUT2D eigenvalue weighted by Gasteiger charge is -2.21. The summed E-state index contributed by atoms with van der Waals surface area (Å²) in [5.41, 5.74) is 0.146. The lowest BCUT2D eigenvalue weighted by Crippen LogP contribution is -2.40. The van der Waals surface area contributed by atoms with Crippen molar-refractivity contribution in [1.29, 1.82) is 0 Å². The number of sulfonamides is 1. The maximum atomic E-state index is 12.7. The molecular formula is C16H13ClN2O5S. The van der Waals surface area contributed by atoms with Crippen LogP contribution in [0.1, 0.15) is 0 Å². The number of benzene rings is 2. The van der Waals surface area contributed by atoms with E-state index in [-0.39, 0.29) is 15.6 Å². The van der Waals surface area contributed by atoms with E-state index in [9.17, 15) is 23.1 Å². The Kier molecular flexibility index (Phi) is 4.40. The molecule has 1 heterocycles. The molecule has 1 atom stereocenters. The normalized spacial score (nSPS) is 17.8. The number of hydrogen-bond acceptors (Lipinski definition) is 4. The lowest BCUT2D eigenvalue weighted by molar-refractivity contribution is -0.138. The molecule has 2 amide bonds. The van der Waals surface area contributed by atoms with Crippen LogP contribution in [-0.2, 0) is 14.8 Å². The minimum absolute atomic E-state index is 0.0894. The van der Waals surface area contributed by atoms with Gasteiger partial charge in [0.05, 0.1) is 22.2 Å². The van der Waals surface area contributed by atoms with Crippen molar-refractivity contribution in [3.63, 3.8) is 0 Å². The predicted molar refractivity (Wildman–Crippen MR) is 91.1 cm³/mol. The molecule has 0 spiro atoms. The van der Waals surface area contributed by atoms with Crippen molar-refractivity contribution in [2.45, 2.75) is 10.9 Å². The average Bonchev–Trinajstić information content (AvgIpc) is 2.94. The molecule has 0 aliphatic carbocycles. The number of nitrogens with zero attached hydrogens (tertiary/aromatic N) is 2. The molecule has 25 heavy (non-hydrogen) atoms. The zero-order valence-electron chi connectivity index (χ0n) is 12.7. The molecule has 3 rings (SSSR count). The fourth-order valence-corrected chi connectivity index (χ4v) is 4.21.